The first-order valence-corrected chi connectivity index (χ1v) is 9.92. The van der Waals surface area contributed by atoms with Crippen molar-refractivity contribution in [2.45, 2.75) is 46.0 Å². The van der Waals surface area contributed by atoms with Gasteiger partial charge in [0, 0.05) is 37.7 Å². The minimum Gasteiger partial charge on any atom is -0.355 e. The molecule has 0 radical (unpaired) electrons. The second kappa shape index (κ2) is 11.2. The molecule has 3 rings (SSSR count). The number of likely N-dealkylation sites (tertiary alicyclic amines) is 1. The van der Waals surface area contributed by atoms with Crippen LogP contribution in [0.2, 0.25) is 0 Å². The van der Waals surface area contributed by atoms with E-state index >= 15 is 0 Å². The zero-order valence-corrected chi connectivity index (χ0v) is 16.5. The van der Waals surface area contributed by atoms with Gasteiger partial charge >= 0.3 is 0 Å². The van der Waals surface area contributed by atoms with Crippen LogP contribution in [0.5, 0.6) is 0 Å². The maximum absolute atomic E-state index is 13.0. The Bertz CT molecular complexity index is 751. The first kappa shape index (κ1) is 21.6. The van der Waals surface area contributed by atoms with Gasteiger partial charge in [0.1, 0.15) is 5.82 Å². The molecule has 6 nitrogen and oxygen atoms in total. The van der Waals surface area contributed by atoms with Crippen LogP contribution in [0.1, 0.15) is 56.4 Å². The number of carbonyl (C=O) groups excluding carboxylic acids is 2. The molecular weight excluding hydrogens is 361 g/mol. The minimum atomic E-state index is -0.397. The molecule has 2 amide bonds. The summed E-state index contributed by atoms with van der Waals surface area (Å²) in [5, 5.41) is 6.43. The highest BCUT2D eigenvalue weighted by atomic mass is 19.1. The van der Waals surface area contributed by atoms with Crippen LogP contribution in [0.4, 0.5) is 4.39 Å². The molecule has 1 aromatic heterocycles. The Morgan fingerprint density at radius 2 is 1.75 bits per heavy atom. The van der Waals surface area contributed by atoms with Gasteiger partial charge in [-0.1, -0.05) is 31.8 Å². The van der Waals surface area contributed by atoms with Gasteiger partial charge in [-0.2, -0.15) is 0 Å². The lowest BCUT2D eigenvalue weighted by Gasteiger charge is -2.20. The first-order chi connectivity index (χ1) is 13.6. The Hall–Kier alpha value is -2.70. The van der Waals surface area contributed by atoms with E-state index in [4.69, 9.17) is 4.52 Å². The van der Waals surface area contributed by atoms with E-state index in [2.05, 4.69) is 10.5 Å². The number of nitrogens with one attached hydrogen (secondary N) is 1. The van der Waals surface area contributed by atoms with E-state index in [0.29, 0.717) is 11.3 Å². The second-order valence-corrected chi connectivity index (χ2v) is 6.38. The highest BCUT2D eigenvalue weighted by Gasteiger charge is 2.17. The quantitative estimate of drug-likeness (QED) is 0.838. The summed E-state index contributed by atoms with van der Waals surface area (Å²) in [7, 11) is 0. The maximum Gasteiger partial charge on any atom is 0.273 e. The van der Waals surface area contributed by atoms with Crippen LogP contribution >= 0.6 is 0 Å². The molecule has 2 aromatic rings. The summed E-state index contributed by atoms with van der Waals surface area (Å²) in [6.45, 7) is 5.86. The van der Waals surface area contributed by atoms with E-state index in [9.17, 15) is 14.0 Å². The van der Waals surface area contributed by atoms with Crippen LogP contribution in [-0.2, 0) is 4.79 Å². The van der Waals surface area contributed by atoms with Crippen molar-refractivity contribution in [3.63, 3.8) is 0 Å². The van der Waals surface area contributed by atoms with Crippen molar-refractivity contribution in [2.24, 2.45) is 0 Å². The second-order valence-electron chi connectivity index (χ2n) is 6.38. The summed E-state index contributed by atoms with van der Waals surface area (Å²) < 4.78 is 18.1. The van der Waals surface area contributed by atoms with Gasteiger partial charge in [-0.05, 0) is 37.1 Å². The van der Waals surface area contributed by atoms with Crippen molar-refractivity contribution in [1.29, 1.82) is 0 Å². The third-order valence-electron chi connectivity index (χ3n) is 4.45. The van der Waals surface area contributed by atoms with Crippen LogP contribution in [0.25, 0.3) is 11.3 Å². The molecule has 152 valence electrons. The number of hydrogen-bond donors (Lipinski definition) is 1. The molecule has 0 unspecified atom stereocenters. The summed E-state index contributed by atoms with van der Waals surface area (Å²) in [6, 6.07) is 7.23. The standard InChI is InChI=1S/C19H22FN3O3.C2H6/c20-15-7-5-14(6-8-15)17-13-16(22-26-17)19(25)21-10-9-18(24)23-11-3-1-2-4-12-23;1-2/h5-8,13H,1-4,9-12H2,(H,21,25);1-2H3. The first-order valence-electron chi connectivity index (χ1n) is 9.92. The zero-order chi connectivity index (χ0) is 20.4. The van der Waals surface area contributed by atoms with E-state index in [1.54, 1.807) is 12.1 Å². The van der Waals surface area contributed by atoms with Gasteiger partial charge in [0.05, 0.1) is 0 Å². The van der Waals surface area contributed by atoms with Crippen LogP contribution in [0.3, 0.4) is 0 Å². The highest BCUT2D eigenvalue weighted by molar-refractivity contribution is 5.93. The molecule has 28 heavy (non-hydrogen) atoms. The average Bonchev–Trinajstić information content (AvgIpc) is 3.05. The van der Waals surface area contributed by atoms with Crippen molar-refractivity contribution < 1.29 is 18.5 Å². The Kier molecular flexibility index (Phi) is 8.65. The molecule has 1 fully saturated rings. The van der Waals surface area contributed by atoms with E-state index in [-0.39, 0.29) is 30.4 Å². The van der Waals surface area contributed by atoms with Crippen molar-refractivity contribution in [3.05, 3.63) is 41.8 Å². The van der Waals surface area contributed by atoms with Gasteiger partial charge < -0.3 is 14.7 Å². The minimum absolute atomic E-state index is 0.0688. The molecule has 0 bridgehead atoms. The summed E-state index contributed by atoms with van der Waals surface area (Å²) in [6.07, 6.45) is 4.70. The fraction of sp³-hybridized carbons (Fsp3) is 0.476. The van der Waals surface area contributed by atoms with Crippen molar-refractivity contribution in [2.75, 3.05) is 19.6 Å². The number of rotatable bonds is 5. The van der Waals surface area contributed by atoms with E-state index < -0.39 is 5.91 Å². The fourth-order valence-electron chi connectivity index (χ4n) is 2.98. The van der Waals surface area contributed by atoms with Crippen LogP contribution in [0, 0.1) is 5.82 Å². The molecule has 1 aliphatic rings. The molecule has 1 aromatic carbocycles. The van der Waals surface area contributed by atoms with Crippen LogP contribution < -0.4 is 5.32 Å². The molecule has 0 saturated carbocycles. The lowest BCUT2D eigenvalue weighted by atomic mass is 10.1. The Balaban J connectivity index is 0.00000136. The number of amides is 2. The summed E-state index contributed by atoms with van der Waals surface area (Å²) >= 11 is 0. The fourth-order valence-corrected chi connectivity index (χ4v) is 2.98. The molecule has 7 heteroatoms. The van der Waals surface area contributed by atoms with Crippen LogP contribution in [0.15, 0.2) is 34.9 Å². The van der Waals surface area contributed by atoms with Gasteiger partial charge in [-0.3, -0.25) is 9.59 Å². The molecule has 0 atom stereocenters. The molecule has 1 saturated heterocycles. The SMILES string of the molecule is CC.O=C(NCCC(=O)N1CCCCCC1)c1cc(-c2ccc(F)cc2)on1. The highest BCUT2D eigenvalue weighted by Crippen LogP contribution is 2.20. The van der Waals surface area contributed by atoms with Crippen molar-refractivity contribution >= 4 is 11.8 Å². The van der Waals surface area contributed by atoms with Gasteiger partial charge in [0.15, 0.2) is 11.5 Å². The average molecular weight is 389 g/mol. The third-order valence-corrected chi connectivity index (χ3v) is 4.45. The summed E-state index contributed by atoms with van der Waals surface area (Å²) in [5.74, 6) is -0.291. The van der Waals surface area contributed by atoms with Crippen molar-refractivity contribution in [1.82, 2.24) is 15.4 Å². The number of hydrogen-bond acceptors (Lipinski definition) is 4. The number of aromatic nitrogens is 1. The van der Waals surface area contributed by atoms with Crippen LogP contribution in [-0.4, -0.2) is 41.5 Å². The zero-order valence-electron chi connectivity index (χ0n) is 16.5. The Morgan fingerprint density at radius 1 is 1.11 bits per heavy atom. The number of benzene rings is 1. The summed E-state index contributed by atoms with van der Waals surface area (Å²) in [4.78, 5) is 26.2. The van der Waals surface area contributed by atoms with Gasteiger partial charge in [-0.15, -0.1) is 0 Å². The third kappa shape index (κ3) is 6.18. The Morgan fingerprint density at radius 3 is 2.39 bits per heavy atom. The molecule has 0 spiro atoms. The van der Waals surface area contributed by atoms with E-state index in [0.717, 1.165) is 25.9 Å². The van der Waals surface area contributed by atoms with E-state index in [1.165, 1.54) is 31.0 Å². The monoisotopic (exact) mass is 389 g/mol. The predicted molar refractivity (Wildman–Crippen MR) is 105 cm³/mol. The molecule has 1 N–H and O–H groups in total. The van der Waals surface area contributed by atoms with Crippen molar-refractivity contribution in [3.8, 4) is 11.3 Å². The lowest BCUT2D eigenvalue weighted by Crippen LogP contribution is -2.35. The normalized spacial score (nSPS) is 13.9. The Labute approximate surface area is 165 Å². The maximum atomic E-state index is 13.0. The number of halogens is 1. The lowest BCUT2D eigenvalue weighted by molar-refractivity contribution is -0.131. The molecular formula is C21H28FN3O3. The smallest absolute Gasteiger partial charge is 0.273 e. The topological polar surface area (TPSA) is 75.4 Å². The number of carbonyl (C=O) groups is 2. The molecule has 1 aliphatic heterocycles. The van der Waals surface area contributed by atoms with Gasteiger partial charge in [0.25, 0.3) is 5.91 Å². The largest absolute Gasteiger partial charge is 0.355 e. The molecule has 0 aliphatic carbocycles. The summed E-state index contributed by atoms with van der Waals surface area (Å²) in [5.41, 5.74) is 0.765. The predicted octanol–water partition coefficient (Wildman–Crippen LogP) is 4.03. The number of nitrogens with zero attached hydrogens (tertiary/aromatic N) is 2. The molecule has 2 heterocycles. The van der Waals surface area contributed by atoms with E-state index in [1.807, 2.05) is 18.7 Å². The van der Waals surface area contributed by atoms with Gasteiger partial charge in [0.2, 0.25) is 5.91 Å². The van der Waals surface area contributed by atoms with Gasteiger partial charge in [-0.25, -0.2) is 4.39 Å².